The minimum atomic E-state index is -3.06. The number of thiophene rings is 1. The molecule has 1 rings (SSSR count). The van der Waals surface area contributed by atoms with E-state index >= 15 is 0 Å². The molecule has 0 aliphatic rings. The van der Waals surface area contributed by atoms with E-state index in [9.17, 15) is 8.42 Å². The molecule has 0 saturated heterocycles. The molecular weight excluding hydrogens is 342 g/mol. The molecule has 0 aliphatic carbocycles. The minimum absolute atomic E-state index is 0.0116. The van der Waals surface area contributed by atoms with Gasteiger partial charge in [-0.1, -0.05) is 33.9 Å². The Morgan fingerprint density at radius 3 is 2.19 bits per heavy atom. The van der Waals surface area contributed by atoms with Crippen molar-refractivity contribution in [2.24, 2.45) is 4.36 Å². The predicted molar refractivity (Wildman–Crippen MR) is 95.9 cm³/mol. The molecule has 1 unspecified atom stereocenters. The second-order valence-electron chi connectivity index (χ2n) is 6.90. The van der Waals surface area contributed by atoms with E-state index in [0.29, 0.717) is 9.21 Å². The number of nitrogens with zero attached hydrogens (tertiary/aromatic N) is 1. The maximum Gasteiger partial charge on any atom is 0.140 e. The van der Waals surface area contributed by atoms with Crippen LogP contribution in [0.4, 0.5) is 5.00 Å². The van der Waals surface area contributed by atoms with Gasteiger partial charge in [0.1, 0.15) is 27.4 Å². The smallest absolute Gasteiger partial charge is 0.140 e. The molecule has 0 radical (unpaired) electrons. The number of hydrogen-bond donors (Lipinski definition) is 2. The highest BCUT2D eigenvalue weighted by molar-refractivity contribution is 7.94. The summed E-state index contributed by atoms with van der Waals surface area (Å²) in [5.41, 5.74) is 0. The molecule has 0 saturated carbocycles. The van der Waals surface area contributed by atoms with E-state index < -0.39 is 27.9 Å². The van der Waals surface area contributed by atoms with Crippen LogP contribution >= 0.6 is 11.3 Å². The van der Waals surface area contributed by atoms with Crippen LogP contribution in [-0.4, -0.2) is 29.2 Å². The third-order valence-corrected chi connectivity index (χ3v) is 13.6. The van der Waals surface area contributed by atoms with E-state index in [1.807, 2.05) is 0 Å². The summed E-state index contributed by atoms with van der Waals surface area (Å²) in [5.74, 6) is 0. The fourth-order valence-electron chi connectivity index (χ4n) is 1.29. The van der Waals surface area contributed by atoms with Gasteiger partial charge in [-0.05, 0) is 17.2 Å². The van der Waals surface area contributed by atoms with Crippen molar-refractivity contribution in [2.45, 2.75) is 43.1 Å². The van der Waals surface area contributed by atoms with Crippen molar-refractivity contribution in [1.82, 2.24) is 4.39 Å². The average Bonchev–Trinajstić information content (AvgIpc) is 2.60. The van der Waals surface area contributed by atoms with Crippen molar-refractivity contribution in [3.8, 4) is 0 Å². The summed E-state index contributed by atoms with van der Waals surface area (Å²) in [4.78, 5) is 0. The van der Waals surface area contributed by atoms with E-state index in [-0.39, 0.29) is 5.04 Å². The zero-order valence-corrected chi connectivity index (χ0v) is 17.1. The van der Waals surface area contributed by atoms with Gasteiger partial charge < -0.3 is 0 Å². The van der Waals surface area contributed by atoms with Gasteiger partial charge in [0.2, 0.25) is 0 Å². The second kappa shape index (κ2) is 5.77. The maximum atomic E-state index is 12.7. The molecule has 1 aromatic heterocycles. The molecule has 5 nitrogen and oxygen atoms in total. The van der Waals surface area contributed by atoms with Crippen LogP contribution in [0.1, 0.15) is 20.8 Å². The Bertz CT molecular complexity index is 728. The molecule has 122 valence electrons. The molecule has 0 aromatic carbocycles. The predicted octanol–water partition coefficient (Wildman–Crippen LogP) is 4.02. The fourth-order valence-corrected chi connectivity index (χ4v) is 8.82. The fraction of sp³-hybridized carbons (Fsp3) is 0.667. The van der Waals surface area contributed by atoms with Crippen molar-refractivity contribution < 1.29 is 8.42 Å². The van der Waals surface area contributed by atoms with Crippen LogP contribution < -0.4 is 4.39 Å². The van der Waals surface area contributed by atoms with Crippen molar-refractivity contribution in [3.05, 3.63) is 12.1 Å². The van der Waals surface area contributed by atoms with Gasteiger partial charge in [-0.25, -0.2) is 17.6 Å². The molecule has 0 fully saturated rings. The number of nitrogens with one attached hydrogen (secondary N) is 2. The molecule has 1 aromatic rings. The average molecular weight is 368 g/mol. The number of hydrogen-bond acceptors (Lipinski definition) is 5. The van der Waals surface area contributed by atoms with Crippen molar-refractivity contribution >= 4 is 44.2 Å². The molecule has 0 bridgehead atoms. The molecule has 0 aliphatic heterocycles. The lowest BCUT2D eigenvalue weighted by molar-refractivity contribution is 0.666. The SMILES string of the molecule is CC(C)(C)[Si](C)(C)NS(=N)(=O)c1ccc(N=S(C)(C)=O)s1. The van der Waals surface area contributed by atoms with Crippen LogP contribution in [0, 0.1) is 4.78 Å². The second-order valence-corrected chi connectivity index (χ2v) is 17.9. The third kappa shape index (κ3) is 5.17. The lowest BCUT2D eigenvalue weighted by atomic mass is 10.2. The van der Waals surface area contributed by atoms with Gasteiger partial charge in [0.25, 0.3) is 0 Å². The Kier molecular flexibility index (Phi) is 5.17. The summed E-state index contributed by atoms with van der Waals surface area (Å²) in [6.07, 6.45) is 3.11. The first-order valence-electron chi connectivity index (χ1n) is 6.49. The lowest BCUT2D eigenvalue weighted by Crippen LogP contribution is -2.53. The summed E-state index contributed by atoms with van der Waals surface area (Å²) >= 11 is 1.17. The zero-order chi connectivity index (χ0) is 16.7. The topological polar surface area (TPSA) is 82.4 Å². The van der Waals surface area contributed by atoms with E-state index in [1.165, 1.54) is 11.3 Å². The molecule has 0 spiro atoms. The summed E-state index contributed by atoms with van der Waals surface area (Å²) in [7, 11) is -7.36. The van der Waals surface area contributed by atoms with Crippen molar-refractivity contribution in [2.75, 3.05) is 12.5 Å². The quantitative estimate of drug-likeness (QED) is 0.788. The molecule has 2 N–H and O–H groups in total. The largest absolute Gasteiger partial charge is 0.250 e. The van der Waals surface area contributed by atoms with Crippen LogP contribution in [0.15, 0.2) is 20.7 Å². The highest BCUT2D eigenvalue weighted by Crippen LogP contribution is 2.36. The van der Waals surface area contributed by atoms with E-state index in [1.54, 1.807) is 24.6 Å². The van der Waals surface area contributed by atoms with Crippen LogP contribution in [0.5, 0.6) is 0 Å². The standard InChI is InChI=1S/C12H25N3O2S3Si/c1-12(2,3)21(6,7)15-20(13,17)11-9-8-10(18-11)14-19(4,5)16/h8-9H,1-7H3,(H2,13,15,17). The van der Waals surface area contributed by atoms with E-state index in [2.05, 4.69) is 42.6 Å². The van der Waals surface area contributed by atoms with Crippen LogP contribution in [-0.2, 0) is 19.6 Å². The summed E-state index contributed by atoms with van der Waals surface area (Å²) in [6.45, 7) is 10.4. The van der Waals surface area contributed by atoms with Gasteiger partial charge in [-0.2, -0.15) is 4.36 Å². The Labute approximate surface area is 133 Å². The van der Waals surface area contributed by atoms with Crippen molar-refractivity contribution in [3.63, 3.8) is 0 Å². The molecule has 9 heteroatoms. The summed E-state index contributed by atoms with van der Waals surface area (Å²) in [5, 5.41) is 0.541. The zero-order valence-electron chi connectivity index (χ0n) is 13.6. The maximum absolute atomic E-state index is 12.7. The monoisotopic (exact) mass is 367 g/mol. The van der Waals surface area contributed by atoms with Gasteiger partial charge in [0.05, 0.1) is 0 Å². The van der Waals surface area contributed by atoms with Gasteiger partial charge in [0.15, 0.2) is 0 Å². The van der Waals surface area contributed by atoms with E-state index in [0.717, 1.165) is 0 Å². The van der Waals surface area contributed by atoms with Crippen LogP contribution in [0.25, 0.3) is 0 Å². The first kappa shape index (κ1) is 18.8. The number of rotatable bonds is 4. The molecule has 1 atom stereocenters. The van der Waals surface area contributed by atoms with Crippen LogP contribution in [0.2, 0.25) is 18.1 Å². The molecule has 21 heavy (non-hydrogen) atoms. The van der Waals surface area contributed by atoms with Gasteiger partial charge in [-0.3, -0.25) is 0 Å². The Morgan fingerprint density at radius 2 is 1.76 bits per heavy atom. The molecule has 1 heterocycles. The normalized spacial score (nSPS) is 16.5. The highest BCUT2D eigenvalue weighted by Gasteiger charge is 2.38. The molecular formula is C12H25N3O2S3Si. The van der Waals surface area contributed by atoms with Gasteiger partial charge in [0, 0.05) is 22.2 Å². The Morgan fingerprint density at radius 1 is 1.24 bits per heavy atom. The van der Waals surface area contributed by atoms with Crippen molar-refractivity contribution in [1.29, 1.82) is 4.78 Å². The highest BCUT2D eigenvalue weighted by atomic mass is 32.2. The Balaban J connectivity index is 3.14. The Hall–Kier alpha value is -0.223. The minimum Gasteiger partial charge on any atom is -0.250 e. The third-order valence-electron chi connectivity index (χ3n) is 3.43. The van der Waals surface area contributed by atoms with Gasteiger partial charge >= 0.3 is 0 Å². The summed E-state index contributed by atoms with van der Waals surface area (Å²) < 4.78 is 40.2. The van der Waals surface area contributed by atoms with Crippen LogP contribution in [0.3, 0.4) is 0 Å². The molecule has 0 amide bonds. The van der Waals surface area contributed by atoms with E-state index in [4.69, 9.17) is 4.78 Å². The first-order valence-corrected chi connectivity index (χ1v) is 14.2. The summed E-state index contributed by atoms with van der Waals surface area (Å²) in [6, 6.07) is 3.32. The first-order chi connectivity index (χ1) is 9.14. The lowest BCUT2D eigenvalue weighted by Gasteiger charge is -2.37. The van der Waals surface area contributed by atoms with Gasteiger partial charge in [-0.15, -0.1) is 11.3 Å².